The quantitative estimate of drug-likeness (QED) is 0.431. The lowest BCUT2D eigenvalue weighted by Gasteiger charge is -2.09. The Balaban J connectivity index is 1.49. The molecule has 0 aliphatic carbocycles. The summed E-state index contributed by atoms with van der Waals surface area (Å²) < 4.78 is 1.64. The minimum atomic E-state index is -0.416. The van der Waals surface area contributed by atoms with E-state index in [2.05, 4.69) is 15.7 Å². The van der Waals surface area contributed by atoms with E-state index in [1.165, 1.54) is 0 Å². The standard InChI is InChI=1S/C21H16Cl2N4O/c22-17-10-4-2-7-15(17)12-27-13-18(23)20(26-27)25-21(28)24-19-11-5-8-14-6-1-3-9-16(14)19/h1-11,13H,12H2,(H2,24,25,26,28). The van der Waals surface area contributed by atoms with Crippen LogP contribution in [0, 0.1) is 0 Å². The third kappa shape index (κ3) is 3.96. The van der Waals surface area contributed by atoms with Gasteiger partial charge in [0.2, 0.25) is 0 Å². The van der Waals surface area contributed by atoms with Gasteiger partial charge in [0.1, 0.15) is 5.02 Å². The van der Waals surface area contributed by atoms with E-state index in [1.807, 2.05) is 66.7 Å². The summed E-state index contributed by atoms with van der Waals surface area (Å²) in [5.41, 5.74) is 1.62. The van der Waals surface area contributed by atoms with Crippen LogP contribution in [0.4, 0.5) is 16.3 Å². The van der Waals surface area contributed by atoms with Gasteiger partial charge in [-0.1, -0.05) is 77.8 Å². The minimum Gasteiger partial charge on any atom is -0.307 e. The predicted octanol–water partition coefficient (Wildman–Crippen LogP) is 6.04. The zero-order valence-corrected chi connectivity index (χ0v) is 16.2. The summed E-state index contributed by atoms with van der Waals surface area (Å²) in [5.74, 6) is 0.284. The molecular weight excluding hydrogens is 395 g/mol. The summed E-state index contributed by atoms with van der Waals surface area (Å²) >= 11 is 12.4. The molecule has 28 heavy (non-hydrogen) atoms. The molecule has 0 atom stereocenters. The van der Waals surface area contributed by atoms with Crippen molar-refractivity contribution in [3.8, 4) is 0 Å². The van der Waals surface area contributed by atoms with Crippen LogP contribution in [-0.2, 0) is 6.54 Å². The fourth-order valence-electron chi connectivity index (χ4n) is 2.96. The van der Waals surface area contributed by atoms with E-state index in [-0.39, 0.29) is 5.82 Å². The second kappa shape index (κ2) is 7.92. The maximum atomic E-state index is 12.4. The summed E-state index contributed by atoms with van der Waals surface area (Å²) in [5, 5.41) is 12.9. The summed E-state index contributed by atoms with van der Waals surface area (Å²) in [6.45, 7) is 0.450. The Labute approximate surface area is 171 Å². The maximum absolute atomic E-state index is 12.4. The molecule has 2 amide bonds. The zero-order chi connectivity index (χ0) is 19.5. The van der Waals surface area contributed by atoms with Crippen molar-refractivity contribution in [2.45, 2.75) is 6.54 Å². The number of anilines is 2. The van der Waals surface area contributed by atoms with Gasteiger partial charge in [0, 0.05) is 16.6 Å². The lowest BCUT2D eigenvalue weighted by atomic mass is 10.1. The number of hydrogen-bond acceptors (Lipinski definition) is 2. The van der Waals surface area contributed by atoms with Crippen molar-refractivity contribution in [1.82, 2.24) is 9.78 Å². The molecule has 0 saturated carbocycles. The first-order valence-corrected chi connectivity index (χ1v) is 9.38. The number of benzene rings is 3. The van der Waals surface area contributed by atoms with Gasteiger partial charge in [-0.05, 0) is 23.1 Å². The highest BCUT2D eigenvalue weighted by molar-refractivity contribution is 6.33. The largest absolute Gasteiger partial charge is 0.324 e. The first-order valence-electron chi connectivity index (χ1n) is 8.62. The SMILES string of the molecule is O=C(Nc1nn(Cc2ccccc2Cl)cc1Cl)Nc1cccc2ccccc12. The molecule has 7 heteroatoms. The number of carbonyl (C=O) groups excluding carboxylic acids is 1. The van der Waals surface area contributed by atoms with Crippen molar-refractivity contribution in [2.75, 3.05) is 10.6 Å². The van der Waals surface area contributed by atoms with Crippen molar-refractivity contribution >= 4 is 51.5 Å². The van der Waals surface area contributed by atoms with Crippen LogP contribution in [0.2, 0.25) is 10.0 Å². The molecule has 5 nitrogen and oxygen atoms in total. The molecule has 0 aliphatic rings. The Hall–Kier alpha value is -3.02. The number of fused-ring (bicyclic) bond motifs is 1. The average Bonchev–Trinajstić information content (AvgIpc) is 3.03. The van der Waals surface area contributed by atoms with Gasteiger partial charge in [0.05, 0.1) is 12.2 Å². The fourth-order valence-corrected chi connectivity index (χ4v) is 3.35. The topological polar surface area (TPSA) is 59.0 Å². The molecule has 4 rings (SSSR count). The van der Waals surface area contributed by atoms with Crippen LogP contribution >= 0.6 is 23.2 Å². The second-order valence-electron chi connectivity index (χ2n) is 6.22. The molecular formula is C21H16Cl2N4O. The molecule has 1 heterocycles. The number of carbonyl (C=O) groups is 1. The Morgan fingerprint density at radius 3 is 2.50 bits per heavy atom. The zero-order valence-electron chi connectivity index (χ0n) is 14.7. The van der Waals surface area contributed by atoms with Gasteiger partial charge in [0.25, 0.3) is 0 Å². The lowest BCUT2D eigenvalue weighted by molar-refractivity contribution is 0.262. The van der Waals surface area contributed by atoms with E-state index < -0.39 is 6.03 Å². The normalized spacial score (nSPS) is 10.8. The Morgan fingerprint density at radius 1 is 0.893 bits per heavy atom. The third-order valence-electron chi connectivity index (χ3n) is 4.28. The number of amides is 2. The van der Waals surface area contributed by atoms with Gasteiger partial charge in [-0.3, -0.25) is 10.00 Å². The van der Waals surface area contributed by atoms with Gasteiger partial charge < -0.3 is 5.32 Å². The molecule has 0 radical (unpaired) electrons. The van der Waals surface area contributed by atoms with Gasteiger partial charge in [-0.15, -0.1) is 0 Å². The van der Waals surface area contributed by atoms with Gasteiger partial charge in [-0.25, -0.2) is 4.79 Å². The minimum absolute atomic E-state index is 0.284. The molecule has 3 aromatic carbocycles. The van der Waals surface area contributed by atoms with Crippen molar-refractivity contribution in [1.29, 1.82) is 0 Å². The number of aromatic nitrogens is 2. The summed E-state index contributed by atoms with van der Waals surface area (Å²) in [4.78, 5) is 12.4. The molecule has 0 fully saturated rings. The van der Waals surface area contributed by atoms with E-state index in [0.717, 1.165) is 16.3 Å². The van der Waals surface area contributed by atoms with Crippen molar-refractivity contribution in [3.63, 3.8) is 0 Å². The van der Waals surface area contributed by atoms with Crippen LogP contribution in [-0.4, -0.2) is 15.8 Å². The van der Waals surface area contributed by atoms with E-state index in [1.54, 1.807) is 10.9 Å². The highest BCUT2D eigenvalue weighted by atomic mass is 35.5. The smallest absolute Gasteiger partial charge is 0.307 e. The molecule has 0 saturated heterocycles. The predicted molar refractivity (Wildman–Crippen MR) is 114 cm³/mol. The molecule has 0 spiro atoms. The summed E-state index contributed by atoms with van der Waals surface area (Å²) in [6, 6.07) is 20.7. The van der Waals surface area contributed by atoms with Crippen molar-refractivity contribution in [2.24, 2.45) is 0 Å². The molecule has 2 N–H and O–H groups in total. The second-order valence-corrected chi connectivity index (χ2v) is 7.03. The molecule has 0 aliphatic heterocycles. The average molecular weight is 411 g/mol. The first kappa shape index (κ1) is 18.3. The van der Waals surface area contributed by atoms with Crippen LogP contribution in [0.3, 0.4) is 0 Å². The number of nitrogens with one attached hydrogen (secondary N) is 2. The molecule has 1 aromatic heterocycles. The molecule has 140 valence electrons. The molecule has 0 unspecified atom stereocenters. The molecule has 4 aromatic rings. The van der Waals surface area contributed by atoms with E-state index in [0.29, 0.717) is 22.3 Å². The summed E-state index contributed by atoms with van der Waals surface area (Å²) in [7, 11) is 0. The van der Waals surface area contributed by atoms with Crippen molar-refractivity contribution in [3.05, 3.63) is 88.5 Å². The van der Waals surface area contributed by atoms with Crippen LogP contribution in [0.5, 0.6) is 0 Å². The Kier molecular flexibility index (Phi) is 5.19. The number of urea groups is 1. The Bertz CT molecular complexity index is 1150. The van der Waals surface area contributed by atoms with Crippen LogP contribution in [0.15, 0.2) is 72.9 Å². The van der Waals surface area contributed by atoms with Gasteiger partial charge in [-0.2, -0.15) is 5.10 Å². The van der Waals surface area contributed by atoms with Crippen LogP contribution in [0.25, 0.3) is 10.8 Å². The third-order valence-corrected chi connectivity index (χ3v) is 4.92. The number of nitrogens with zero attached hydrogens (tertiary/aromatic N) is 2. The fraction of sp³-hybridized carbons (Fsp3) is 0.0476. The van der Waals surface area contributed by atoms with Gasteiger partial charge in [0.15, 0.2) is 5.82 Å². The van der Waals surface area contributed by atoms with E-state index in [4.69, 9.17) is 23.2 Å². The summed E-state index contributed by atoms with van der Waals surface area (Å²) in [6.07, 6.45) is 1.65. The van der Waals surface area contributed by atoms with Crippen LogP contribution < -0.4 is 10.6 Å². The first-order chi connectivity index (χ1) is 13.6. The number of rotatable bonds is 4. The number of hydrogen-bond donors (Lipinski definition) is 2. The highest BCUT2D eigenvalue weighted by Gasteiger charge is 2.12. The monoisotopic (exact) mass is 410 g/mol. The van der Waals surface area contributed by atoms with E-state index in [9.17, 15) is 4.79 Å². The van der Waals surface area contributed by atoms with E-state index >= 15 is 0 Å². The molecule has 0 bridgehead atoms. The number of halogens is 2. The van der Waals surface area contributed by atoms with Gasteiger partial charge >= 0.3 is 6.03 Å². The van der Waals surface area contributed by atoms with Crippen LogP contribution in [0.1, 0.15) is 5.56 Å². The lowest BCUT2D eigenvalue weighted by Crippen LogP contribution is -2.20. The Morgan fingerprint density at radius 2 is 1.64 bits per heavy atom. The highest BCUT2D eigenvalue weighted by Crippen LogP contribution is 2.25. The van der Waals surface area contributed by atoms with Crippen molar-refractivity contribution < 1.29 is 4.79 Å². The maximum Gasteiger partial charge on any atom is 0.324 e.